The van der Waals surface area contributed by atoms with Crippen LogP contribution >= 0.6 is 11.8 Å². The second kappa shape index (κ2) is 9.85. The zero-order valence-corrected chi connectivity index (χ0v) is 17.8. The number of benzene rings is 2. The van der Waals surface area contributed by atoms with E-state index in [1.165, 1.54) is 0 Å². The lowest BCUT2D eigenvalue weighted by molar-refractivity contribution is 0.0199. The van der Waals surface area contributed by atoms with Gasteiger partial charge in [-0.1, -0.05) is 18.2 Å². The van der Waals surface area contributed by atoms with E-state index in [1.807, 2.05) is 37.3 Å². The van der Waals surface area contributed by atoms with Crippen molar-refractivity contribution >= 4 is 17.9 Å². The van der Waals surface area contributed by atoms with Gasteiger partial charge < -0.3 is 19.3 Å². The molecule has 2 aromatic carbocycles. The van der Waals surface area contributed by atoms with E-state index in [9.17, 15) is 9.90 Å². The first-order chi connectivity index (χ1) is 13.2. The topological polar surface area (TPSA) is 65.0 Å². The van der Waals surface area contributed by atoms with Crippen LogP contribution in [0.2, 0.25) is 0 Å². The molecule has 0 aromatic heterocycles. The van der Waals surface area contributed by atoms with Crippen molar-refractivity contribution < 1.29 is 24.1 Å². The van der Waals surface area contributed by atoms with Gasteiger partial charge in [0, 0.05) is 16.2 Å². The van der Waals surface area contributed by atoms with Crippen LogP contribution in [0.5, 0.6) is 11.5 Å². The normalized spacial score (nSPS) is 12.4. The Kier molecular flexibility index (Phi) is 7.78. The third-order valence-corrected chi connectivity index (χ3v) is 4.92. The van der Waals surface area contributed by atoms with Crippen molar-refractivity contribution in [1.29, 1.82) is 0 Å². The molecule has 1 atom stereocenters. The van der Waals surface area contributed by atoms with Crippen LogP contribution in [0.15, 0.2) is 47.4 Å². The van der Waals surface area contributed by atoms with Crippen molar-refractivity contribution in [3.63, 3.8) is 0 Å². The van der Waals surface area contributed by atoms with Crippen LogP contribution in [0.3, 0.4) is 0 Å². The molecule has 0 spiro atoms. The van der Waals surface area contributed by atoms with Gasteiger partial charge in [0.2, 0.25) is 0 Å². The summed E-state index contributed by atoms with van der Waals surface area (Å²) >= 11 is 1.66. The summed E-state index contributed by atoms with van der Waals surface area (Å²) in [5, 5.41) is 10.7. The highest BCUT2D eigenvalue weighted by Crippen LogP contribution is 2.35. The molecule has 0 saturated heterocycles. The van der Waals surface area contributed by atoms with E-state index in [-0.39, 0.29) is 5.75 Å². The van der Waals surface area contributed by atoms with Gasteiger partial charge in [0.25, 0.3) is 0 Å². The molecule has 0 radical (unpaired) electrons. The van der Waals surface area contributed by atoms with E-state index in [1.54, 1.807) is 51.8 Å². The van der Waals surface area contributed by atoms with E-state index < -0.39 is 17.9 Å². The van der Waals surface area contributed by atoms with Gasteiger partial charge in [-0.15, -0.1) is 11.8 Å². The zero-order chi connectivity index (χ0) is 20.7. The van der Waals surface area contributed by atoms with Crippen molar-refractivity contribution in [3.8, 4) is 11.5 Å². The SMILES string of the molecule is COc1cc(C(O)CCSc2ccccc2)c(OC(=O)OC(C)(C)C)cc1C. The lowest BCUT2D eigenvalue weighted by atomic mass is 10.0. The highest BCUT2D eigenvalue weighted by molar-refractivity contribution is 7.99. The molecule has 6 heteroatoms. The average molecular weight is 405 g/mol. The first-order valence-electron chi connectivity index (χ1n) is 9.15. The van der Waals surface area contributed by atoms with Gasteiger partial charge in [-0.3, -0.25) is 0 Å². The number of aliphatic hydroxyl groups is 1. The highest BCUT2D eigenvalue weighted by atomic mass is 32.2. The number of carbonyl (C=O) groups is 1. The fourth-order valence-electron chi connectivity index (χ4n) is 2.57. The van der Waals surface area contributed by atoms with Gasteiger partial charge in [0.15, 0.2) is 0 Å². The molecule has 0 aliphatic rings. The standard InChI is InChI=1S/C22H28O5S/c1-15-13-20(26-21(24)27-22(2,3)4)17(14-19(15)25-5)18(23)11-12-28-16-9-7-6-8-10-16/h6-10,13-14,18,23H,11-12H2,1-5H3. The summed E-state index contributed by atoms with van der Waals surface area (Å²) in [5.74, 6) is 1.62. The van der Waals surface area contributed by atoms with Crippen LogP contribution in [-0.4, -0.2) is 29.7 Å². The van der Waals surface area contributed by atoms with Crippen molar-refractivity contribution in [2.24, 2.45) is 0 Å². The monoisotopic (exact) mass is 404 g/mol. The van der Waals surface area contributed by atoms with E-state index in [4.69, 9.17) is 14.2 Å². The molecule has 0 bridgehead atoms. The van der Waals surface area contributed by atoms with Crippen molar-refractivity contribution in [1.82, 2.24) is 0 Å². The van der Waals surface area contributed by atoms with E-state index in [2.05, 4.69) is 0 Å². The highest BCUT2D eigenvalue weighted by Gasteiger charge is 2.22. The molecule has 1 unspecified atom stereocenters. The Morgan fingerprint density at radius 1 is 1.14 bits per heavy atom. The molecule has 0 saturated carbocycles. The smallest absolute Gasteiger partial charge is 0.496 e. The molecule has 28 heavy (non-hydrogen) atoms. The number of rotatable bonds is 7. The van der Waals surface area contributed by atoms with Crippen LogP contribution < -0.4 is 9.47 Å². The number of carbonyl (C=O) groups excluding carboxylic acids is 1. The van der Waals surface area contributed by atoms with E-state index >= 15 is 0 Å². The lowest BCUT2D eigenvalue weighted by Crippen LogP contribution is -2.26. The van der Waals surface area contributed by atoms with Gasteiger partial charge in [0.1, 0.15) is 17.1 Å². The third-order valence-electron chi connectivity index (χ3n) is 3.87. The quantitative estimate of drug-likeness (QED) is 0.372. The number of aryl methyl sites for hydroxylation is 1. The number of aliphatic hydroxyl groups excluding tert-OH is 1. The Morgan fingerprint density at radius 2 is 1.82 bits per heavy atom. The second-order valence-electron chi connectivity index (χ2n) is 7.39. The maximum absolute atomic E-state index is 12.1. The van der Waals surface area contributed by atoms with Crippen molar-refractivity contribution in [2.75, 3.05) is 12.9 Å². The molecule has 152 valence electrons. The summed E-state index contributed by atoms with van der Waals surface area (Å²) in [6.07, 6.45) is -1.11. The molecule has 1 N–H and O–H groups in total. The molecule has 5 nitrogen and oxygen atoms in total. The zero-order valence-electron chi connectivity index (χ0n) is 17.0. The summed E-state index contributed by atoms with van der Waals surface area (Å²) < 4.78 is 16.0. The number of thioether (sulfide) groups is 1. The van der Waals surface area contributed by atoms with Crippen LogP contribution in [0.4, 0.5) is 4.79 Å². The summed E-state index contributed by atoms with van der Waals surface area (Å²) in [4.78, 5) is 13.2. The van der Waals surface area contributed by atoms with Crippen LogP contribution in [0.25, 0.3) is 0 Å². The Balaban J connectivity index is 2.14. The predicted molar refractivity (Wildman–Crippen MR) is 111 cm³/mol. The van der Waals surface area contributed by atoms with Gasteiger partial charge in [-0.2, -0.15) is 0 Å². The molecule has 2 aromatic rings. The lowest BCUT2D eigenvalue weighted by Gasteiger charge is -2.21. The van der Waals surface area contributed by atoms with Crippen LogP contribution in [0, 0.1) is 6.92 Å². The molecule has 0 aliphatic heterocycles. The third kappa shape index (κ3) is 6.77. The Hall–Kier alpha value is -2.18. The van der Waals surface area contributed by atoms with Gasteiger partial charge in [-0.25, -0.2) is 4.79 Å². The summed E-state index contributed by atoms with van der Waals surface area (Å²) in [6.45, 7) is 7.15. The minimum absolute atomic E-state index is 0.282. The Bertz CT molecular complexity index is 784. The Morgan fingerprint density at radius 3 is 2.43 bits per heavy atom. The summed E-state index contributed by atoms with van der Waals surface area (Å²) in [7, 11) is 1.57. The van der Waals surface area contributed by atoms with Crippen LogP contribution in [-0.2, 0) is 4.74 Å². The van der Waals surface area contributed by atoms with Gasteiger partial charge in [0.05, 0.1) is 13.2 Å². The molecule has 2 rings (SSSR count). The minimum atomic E-state index is -0.803. The number of hydrogen-bond donors (Lipinski definition) is 1. The maximum atomic E-state index is 12.1. The van der Waals surface area contributed by atoms with Crippen molar-refractivity contribution in [2.45, 2.75) is 50.7 Å². The minimum Gasteiger partial charge on any atom is -0.496 e. The number of ether oxygens (including phenoxy) is 3. The summed E-state index contributed by atoms with van der Waals surface area (Å²) in [5.41, 5.74) is 0.640. The molecule has 0 heterocycles. The number of hydrogen-bond acceptors (Lipinski definition) is 6. The first kappa shape index (κ1) is 22.1. The van der Waals surface area contributed by atoms with Gasteiger partial charge >= 0.3 is 6.16 Å². The maximum Gasteiger partial charge on any atom is 0.514 e. The average Bonchev–Trinajstić information content (AvgIpc) is 2.61. The van der Waals surface area contributed by atoms with Crippen molar-refractivity contribution in [3.05, 3.63) is 53.6 Å². The molecular weight excluding hydrogens is 376 g/mol. The van der Waals surface area contributed by atoms with Gasteiger partial charge in [-0.05, 0) is 63.9 Å². The second-order valence-corrected chi connectivity index (χ2v) is 8.56. The fourth-order valence-corrected chi connectivity index (χ4v) is 3.49. The molecule has 0 fully saturated rings. The van der Waals surface area contributed by atoms with E-state index in [0.29, 0.717) is 23.5 Å². The summed E-state index contributed by atoms with van der Waals surface area (Å²) in [6, 6.07) is 13.4. The van der Waals surface area contributed by atoms with Crippen LogP contribution in [0.1, 0.15) is 44.4 Å². The molecule has 0 amide bonds. The fraction of sp³-hybridized carbons (Fsp3) is 0.409. The molecule has 0 aliphatic carbocycles. The largest absolute Gasteiger partial charge is 0.514 e. The molecular formula is C22H28O5S. The number of methoxy groups -OCH3 is 1. The van der Waals surface area contributed by atoms with E-state index in [0.717, 1.165) is 10.5 Å². The predicted octanol–water partition coefficient (Wildman–Crippen LogP) is 5.53. The Labute approximate surface area is 171 Å². The first-order valence-corrected chi connectivity index (χ1v) is 10.1.